The summed E-state index contributed by atoms with van der Waals surface area (Å²) in [7, 11) is 1.92. The van der Waals surface area contributed by atoms with Crippen LogP contribution in [0.1, 0.15) is 25.5 Å². The van der Waals surface area contributed by atoms with Crippen LogP contribution in [0.15, 0.2) is 42.6 Å². The molecule has 3 aromatic rings. The summed E-state index contributed by atoms with van der Waals surface area (Å²) in [6.07, 6.45) is 0.820. The SMILES string of the molecule is Cn1ncc2ccc(-c3ccc4c(c3)OCC(C)(C)C4NC(=O)O)cc21. The van der Waals surface area contributed by atoms with Crippen molar-refractivity contribution in [1.82, 2.24) is 15.1 Å². The summed E-state index contributed by atoms with van der Waals surface area (Å²) in [4.78, 5) is 11.2. The van der Waals surface area contributed by atoms with Crippen molar-refractivity contribution < 1.29 is 14.6 Å². The molecular weight excluding hydrogens is 330 g/mol. The Morgan fingerprint density at radius 2 is 2.00 bits per heavy atom. The minimum absolute atomic E-state index is 0.308. The maximum atomic E-state index is 11.2. The standard InChI is InChI=1S/C20H21N3O3/c1-20(2)11-26-17-9-13(6-7-15(17)18(20)22-19(24)25)12-4-5-14-10-21-23(3)16(14)8-12/h4-10,18,22H,11H2,1-3H3,(H,24,25). The fourth-order valence-electron chi connectivity index (χ4n) is 3.57. The first-order valence-electron chi connectivity index (χ1n) is 8.53. The number of amides is 1. The normalized spacial score (nSPS) is 18.2. The molecule has 1 aliphatic heterocycles. The van der Waals surface area contributed by atoms with Gasteiger partial charge in [0.15, 0.2) is 0 Å². The van der Waals surface area contributed by atoms with Crippen molar-refractivity contribution in [1.29, 1.82) is 0 Å². The van der Waals surface area contributed by atoms with Crippen LogP contribution in [-0.4, -0.2) is 27.6 Å². The topological polar surface area (TPSA) is 76.4 Å². The van der Waals surface area contributed by atoms with Gasteiger partial charge in [0.1, 0.15) is 5.75 Å². The second-order valence-electron chi connectivity index (χ2n) is 7.45. The summed E-state index contributed by atoms with van der Waals surface area (Å²) in [6.45, 7) is 4.46. The number of carbonyl (C=O) groups is 1. The van der Waals surface area contributed by atoms with Gasteiger partial charge < -0.3 is 15.2 Å². The van der Waals surface area contributed by atoms with Crippen molar-refractivity contribution in [2.24, 2.45) is 12.5 Å². The molecule has 1 unspecified atom stereocenters. The van der Waals surface area contributed by atoms with Crippen molar-refractivity contribution in [3.8, 4) is 16.9 Å². The number of aryl methyl sites for hydroxylation is 1. The van der Waals surface area contributed by atoms with Gasteiger partial charge in [-0.15, -0.1) is 0 Å². The van der Waals surface area contributed by atoms with Crippen LogP contribution >= 0.6 is 0 Å². The highest BCUT2D eigenvalue weighted by Gasteiger charge is 2.38. The molecule has 1 atom stereocenters. The zero-order valence-corrected chi connectivity index (χ0v) is 15.0. The number of hydrogen-bond donors (Lipinski definition) is 2. The number of ether oxygens (including phenoxy) is 1. The molecule has 134 valence electrons. The number of carboxylic acid groups (broad SMARTS) is 1. The molecule has 1 amide bonds. The highest BCUT2D eigenvalue weighted by Crippen LogP contribution is 2.44. The lowest BCUT2D eigenvalue weighted by atomic mass is 9.78. The predicted octanol–water partition coefficient (Wildman–Crippen LogP) is 3.97. The Hall–Kier alpha value is -3.02. The van der Waals surface area contributed by atoms with Gasteiger partial charge in [-0.2, -0.15) is 5.10 Å². The monoisotopic (exact) mass is 351 g/mol. The number of hydrogen-bond acceptors (Lipinski definition) is 3. The van der Waals surface area contributed by atoms with E-state index in [0.717, 1.165) is 33.3 Å². The fourth-order valence-corrected chi connectivity index (χ4v) is 3.57. The minimum Gasteiger partial charge on any atom is -0.493 e. The molecule has 0 saturated carbocycles. The Labute approximate surface area is 151 Å². The van der Waals surface area contributed by atoms with E-state index in [1.54, 1.807) is 0 Å². The molecule has 0 radical (unpaired) electrons. The second kappa shape index (κ2) is 5.76. The molecular formula is C20H21N3O3. The van der Waals surface area contributed by atoms with E-state index in [0.29, 0.717) is 6.61 Å². The van der Waals surface area contributed by atoms with E-state index >= 15 is 0 Å². The van der Waals surface area contributed by atoms with Crippen LogP contribution < -0.4 is 10.1 Å². The number of aromatic nitrogens is 2. The summed E-state index contributed by atoms with van der Waals surface area (Å²) in [5.41, 5.74) is 3.71. The Kier molecular flexibility index (Phi) is 3.64. The molecule has 26 heavy (non-hydrogen) atoms. The first-order chi connectivity index (χ1) is 12.3. The van der Waals surface area contributed by atoms with Crippen LogP contribution in [0, 0.1) is 5.41 Å². The van der Waals surface area contributed by atoms with Gasteiger partial charge in [0.25, 0.3) is 0 Å². The summed E-state index contributed by atoms with van der Waals surface area (Å²) in [5.74, 6) is 0.727. The zero-order chi connectivity index (χ0) is 18.5. The molecule has 2 aromatic carbocycles. The molecule has 0 bridgehead atoms. The lowest BCUT2D eigenvalue weighted by molar-refractivity contribution is 0.0996. The van der Waals surface area contributed by atoms with Gasteiger partial charge in [-0.25, -0.2) is 4.79 Å². The number of benzene rings is 2. The number of nitrogens with one attached hydrogen (secondary N) is 1. The Morgan fingerprint density at radius 1 is 1.27 bits per heavy atom. The quantitative estimate of drug-likeness (QED) is 0.732. The molecule has 2 N–H and O–H groups in total. The Bertz CT molecular complexity index is 1010. The van der Waals surface area contributed by atoms with Crippen molar-refractivity contribution in [3.05, 3.63) is 48.2 Å². The van der Waals surface area contributed by atoms with Gasteiger partial charge in [0.2, 0.25) is 0 Å². The smallest absolute Gasteiger partial charge is 0.405 e. The van der Waals surface area contributed by atoms with Gasteiger partial charge in [0, 0.05) is 23.4 Å². The summed E-state index contributed by atoms with van der Waals surface area (Å²) < 4.78 is 7.81. The van der Waals surface area contributed by atoms with Crippen molar-refractivity contribution in [2.45, 2.75) is 19.9 Å². The molecule has 6 nitrogen and oxygen atoms in total. The third kappa shape index (κ3) is 2.67. The minimum atomic E-state index is -1.03. The highest BCUT2D eigenvalue weighted by molar-refractivity contribution is 5.84. The molecule has 0 aliphatic carbocycles. The summed E-state index contributed by atoms with van der Waals surface area (Å²) in [6, 6.07) is 11.9. The molecule has 6 heteroatoms. The Balaban J connectivity index is 1.76. The van der Waals surface area contributed by atoms with Crippen molar-refractivity contribution in [2.75, 3.05) is 6.61 Å². The first kappa shape index (κ1) is 16.4. The molecule has 1 aliphatic rings. The molecule has 2 heterocycles. The molecule has 0 spiro atoms. The van der Waals surface area contributed by atoms with E-state index in [4.69, 9.17) is 4.74 Å². The highest BCUT2D eigenvalue weighted by atomic mass is 16.5. The lowest BCUT2D eigenvalue weighted by Crippen LogP contribution is -2.43. The fraction of sp³-hybridized carbons (Fsp3) is 0.300. The largest absolute Gasteiger partial charge is 0.493 e. The molecule has 0 saturated heterocycles. The van der Waals surface area contributed by atoms with Gasteiger partial charge in [-0.05, 0) is 23.3 Å². The number of nitrogens with zero attached hydrogens (tertiary/aromatic N) is 2. The van der Waals surface area contributed by atoms with E-state index in [9.17, 15) is 9.90 Å². The average molecular weight is 351 g/mol. The maximum absolute atomic E-state index is 11.2. The van der Waals surface area contributed by atoms with E-state index in [-0.39, 0.29) is 11.5 Å². The van der Waals surface area contributed by atoms with Gasteiger partial charge in [0.05, 0.1) is 24.4 Å². The summed E-state index contributed by atoms with van der Waals surface area (Å²) >= 11 is 0. The summed E-state index contributed by atoms with van der Waals surface area (Å²) in [5, 5.41) is 17.2. The van der Waals surface area contributed by atoms with Crippen LogP contribution in [0.5, 0.6) is 5.75 Å². The van der Waals surface area contributed by atoms with Crippen LogP contribution in [0.4, 0.5) is 4.79 Å². The second-order valence-corrected chi connectivity index (χ2v) is 7.45. The van der Waals surface area contributed by atoms with E-state index < -0.39 is 6.09 Å². The van der Waals surface area contributed by atoms with Crippen molar-refractivity contribution >= 4 is 17.0 Å². The van der Waals surface area contributed by atoms with Gasteiger partial charge in [-0.1, -0.05) is 38.1 Å². The van der Waals surface area contributed by atoms with Crippen molar-refractivity contribution in [3.63, 3.8) is 0 Å². The van der Waals surface area contributed by atoms with E-state index in [2.05, 4.69) is 28.6 Å². The van der Waals surface area contributed by atoms with E-state index in [1.807, 2.05) is 50.0 Å². The third-order valence-corrected chi connectivity index (χ3v) is 5.06. The molecule has 1 aromatic heterocycles. The van der Waals surface area contributed by atoms with Gasteiger partial charge >= 0.3 is 6.09 Å². The number of fused-ring (bicyclic) bond motifs is 2. The maximum Gasteiger partial charge on any atom is 0.405 e. The zero-order valence-electron chi connectivity index (χ0n) is 15.0. The molecule has 0 fully saturated rings. The van der Waals surface area contributed by atoms with Crippen LogP contribution in [0.3, 0.4) is 0 Å². The van der Waals surface area contributed by atoms with Crippen LogP contribution in [-0.2, 0) is 7.05 Å². The molecule has 4 rings (SSSR count). The lowest BCUT2D eigenvalue weighted by Gasteiger charge is -2.39. The number of rotatable bonds is 2. The van der Waals surface area contributed by atoms with Crippen LogP contribution in [0.2, 0.25) is 0 Å². The van der Waals surface area contributed by atoms with Crippen LogP contribution in [0.25, 0.3) is 22.0 Å². The average Bonchev–Trinajstić information content (AvgIpc) is 2.97. The predicted molar refractivity (Wildman–Crippen MR) is 99.3 cm³/mol. The Morgan fingerprint density at radius 3 is 2.77 bits per heavy atom. The third-order valence-electron chi connectivity index (χ3n) is 5.06. The van der Waals surface area contributed by atoms with E-state index in [1.165, 1.54) is 0 Å². The van der Waals surface area contributed by atoms with Gasteiger partial charge in [-0.3, -0.25) is 4.68 Å². The first-order valence-corrected chi connectivity index (χ1v) is 8.53.